The number of rotatable bonds is 5. The van der Waals surface area contributed by atoms with Gasteiger partial charge in [-0.25, -0.2) is 4.98 Å². The summed E-state index contributed by atoms with van der Waals surface area (Å²) in [7, 11) is 0. The Morgan fingerprint density at radius 1 is 1.69 bits per heavy atom. The second-order valence-electron chi connectivity index (χ2n) is 3.21. The van der Waals surface area contributed by atoms with Crippen LogP contribution in [-0.2, 0) is 4.79 Å². The molecule has 0 bridgehead atoms. The van der Waals surface area contributed by atoms with Crippen LogP contribution in [0.5, 0.6) is 5.75 Å². The number of hydrogen-bond acceptors (Lipinski definition) is 5. The van der Waals surface area contributed by atoms with Gasteiger partial charge in [0, 0.05) is 19.2 Å². The number of pyridine rings is 1. The molecular formula is C10H14N2O4. The molecule has 1 heterocycles. The van der Waals surface area contributed by atoms with E-state index in [-0.39, 0.29) is 19.1 Å². The Balaban J connectivity index is 2.56. The van der Waals surface area contributed by atoms with E-state index in [0.29, 0.717) is 11.6 Å². The molecule has 6 heteroatoms. The predicted molar refractivity (Wildman–Crippen MR) is 57.1 cm³/mol. The van der Waals surface area contributed by atoms with Gasteiger partial charge < -0.3 is 20.3 Å². The molecule has 16 heavy (non-hydrogen) atoms. The quantitative estimate of drug-likeness (QED) is 0.645. The number of aliphatic hydroxyl groups is 2. The zero-order valence-corrected chi connectivity index (χ0v) is 8.88. The highest BCUT2D eigenvalue weighted by molar-refractivity contribution is 5.87. The first-order valence-electron chi connectivity index (χ1n) is 4.77. The molecule has 1 aromatic rings. The molecule has 88 valence electrons. The molecule has 0 saturated heterocycles. The van der Waals surface area contributed by atoms with Crippen molar-refractivity contribution >= 4 is 11.7 Å². The summed E-state index contributed by atoms with van der Waals surface area (Å²) >= 11 is 0. The summed E-state index contributed by atoms with van der Waals surface area (Å²) in [6.07, 6.45) is 0.559. The number of nitrogens with one attached hydrogen (secondary N) is 1. The summed E-state index contributed by atoms with van der Waals surface area (Å²) in [6.45, 7) is 1.01. The molecule has 0 saturated carbocycles. The number of nitrogens with zero attached hydrogens (tertiary/aromatic N) is 1. The Bertz CT molecular complexity index is 356. The van der Waals surface area contributed by atoms with Gasteiger partial charge in [0.25, 0.3) is 0 Å². The minimum atomic E-state index is -0.919. The maximum Gasteiger partial charge on any atom is 0.222 e. The summed E-state index contributed by atoms with van der Waals surface area (Å²) < 4.78 is 5.18. The molecule has 1 rings (SSSR count). The van der Waals surface area contributed by atoms with Crippen molar-refractivity contribution in [2.24, 2.45) is 0 Å². The standard InChI is InChI=1S/C10H14N2O4/c1-7(14)12-10-4-9(2-3-11-10)16-6-8(15)5-13/h2-4,8,13,15H,5-6H2,1H3,(H,11,12,14)/t8-/m1/s1. The molecule has 0 aliphatic carbocycles. The maximum absolute atomic E-state index is 10.8. The minimum absolute atomic E-state index is 0.0139. The lowest BCUT2D eigenvalue weighted by Crippen LogP contribution is -2.21. The van der Waals surface area contributed by atoms with Crippen LogP contribution < -0.4 is 10.1 Å². The van der Waals surface area contributed by atoms with Crippen molar-refractivity contribution < 1.29 is 19.7 Å². The third-order valence-electron chi connectivity index (χ3n) is 1.69. The number of hydrogen-bond donors (Lipinski definition) is 3. The zero-order valence-electron chi connectivity index (χ0n) is 8.88. The lowest BCUT2D eigenvalue weighted by atomic mass is 10.4. The summed E-state index contributed by atoms with van der Waals surface area (Å²) in [6, 6.07) is 3.13. The molecule has 6 nitrogen and oxygen atoms in total. The number of aliphatic hydroxyl groups excluding tert-OH is 2. The average molecular weight is 226 g/mol. The van der Waals surface area contributed by atoms with Crippen molar-refractivity contribution in [1.29, 1.82) is 0 Å². The van der Waals surface area contributed by atoms with E-state index in [1.165, 1.54) is 19.2 Å². The first kappa shape index (κ1) is 12.4. The van der Waals surface area contributed by atoms with Crippen LogP contribution in [0.3, 0.4) is 0 Å². The molecule has 0 radical (unpaired) electrons. The predicted octanol–water partition coefficient (Wildman–Crippen LogP) is -0.228. The monoisotopic (exact) mass is 226 g/mol. The number of carbonyl (C=O) groups is 1. The molecule has 0 aliphatic heterocycles. The summed E-state index contributed by atoms with van der Waals surface area (Å²) in [5.74, 6) is 0.620. The van der Waals surface area contributed by atoms with E-state index in [0.717, 1.165) is 0 Å². The summed E-state index contributed by atoms with van der Waals surface area (Å²) in [5.41, 5.74) is 0. The second-order valence-corrected chi connectivity index (χ2v) is 3.21. The van der Waals surface area contributed by atoms with Crippen LogP contribution in [0.2, 0.25) is 0 Å². The smallest absolute Gasteiger partial charge is 0.222 e. The van der Waals surface area contributed by atoms with Crippen molar-refractivity contribution in [2.45, 2.75) is 13.0 Å². The first-order chi connectivity index (χ1) is 7.61. The molecule has 0 aliphatic rings. The van der Waals surface area contributed by atoms with Crippen LogP contribution in [0.1, 0.15) is 6.92 Å². The van der Waals surface area contributed by atoms with Crippen LogP contribution in [0, 0.1) is 0 Å². The fraction of sp³-hybridized carbons (Fsp3) is 0.400. The molecule has 3 N–H and O–H groups in total. The van der Waals surface area contributed by atoms with Crippen LogP contribution in [0.25, 0.3) is 0 Å². The fourth-order valence-electron chi connectivity index (χ4n) is 0.995. The van der Waals surface area contributed by atoms with E-state index >= 15 is 0 Å². The zero-order chi connectivity index (χ0) is 12.0. The molecular weight excluding hydrogens is 212 g/mol. The molecule has 0 spiro atoms. The van der Waals surface area contributed by atoms with Gasteiger partial charge in [-0.1, -0.05) is 0 Å². The topological polar surface area (TPSA) is 91.7 Å². The average Bonchev–Trinajstić information content (AvgIpc) is 2.25. The van der Waals surface area contributed by atoms with E-state index < -0.39 is 6.10 Å². The van der Waals surface area contributed by atoms with Crippen molar-refractivity contribution in [3.63, 3.8) is 0 Å². The number of carbonyl (C=O) groups excluding carboxylic acids is 1. The molecule has 1 atom stereocenters. The molecule has 1 amide bonds. The van der Waals surface area contributed by atoms with Gasteiger partial charge in [-0.05, 0) is 6.07 Å². The number of amides is 1. The Morgan fingerprint density at radius 2 is 2.44 bits per heavy atom. The highest BCUT2D eigenvalue weighted by atomic mass is 16.5. The Kier molecular flexibility index (Phi) is 4.68. The van der Waals surface area contributed by atoms with Crippen LogP contribution in [0.4, 0.5) is 5.82 Å². The highest BCUT2D eigenvalue weighted by Gasteiger charge is 2.04. The van der Waals surface area contributed by atoms with Gasteiger partial charge in [-0.2, -0.15) is 0 Å². The third-order valence-corrected chi connectivity index (χ3v) is 1.69. The molecule has 1 aromatic heterocycles. The van der Waals surface area contributed by atoms with E-state index in [2.05, 4.69) is 10.3 Å². The van der Waals surface area contributed by atoms with Crippen LogP contribution >= 0.6 is 0 Å². The summed E-state index contributed by atoms with van der Waals surface area (Å²) in [5, 5.41) is 20.2. The largest absolute Gasteiger partial charge is 0.491 e. The van der Waals surface area contributed by atoms with Crippen molar-refractivity contribution in [2.75, 3.05) is 18.5 Å². The number of anilines is 1. The van der Waals surface area contributed by atoms with Gasteiger partial charge in [0.2, 0.25) is 5.91 Å². The van der Waals surface area contributed by atoms with E-state index in [4.69, 9.17) is 14.9 Å². The van der Waals surface area contributed by atoms with Gasteiger partial charge in [0.05, 0.1) is 6.61 Å². The Labute approximate surface area is 92.9 Å². The van der Waals surface area contributed by atoms with Crippen LogP contribution in [0.15, 0.2) is 18.3 Å². The number of ether oxygens (including phenoxy) is 1. The van der Waals surface area contributed by atoms with Gasteiger partial charge in [0.1, 0.15) is 24.3 Å². The van der Waals surface area contributed by atoms with Gasteiger partial charge in [0.15, 0.2) is 0 Å². The second kappa shape index (κ2) is 6.04. The van der Waals surface area contributed by atoms with Gasteiger partial charge in [-0.3, -0.25) is 4.79 Å². The van der Waals surface area contributed by atoms with Crippen LogP contribution in [-0.4, -0.2) is 40.4 Å². The highest BCUT2D eigenvalue weighted by Crippen LogP contribution is 2.14. The Hall–Kier alpha value is -1.66. The van der Waals surface area contributed by atoms with Gasteiger partial charge >= 0.3 is 0 Å². The minimum Gasteiger partial charge on any atom is -0.491 e. The molecule has 0 unspecified atom stereocenters. The molecule has 0 fully saturated rings. The first-order valence-corrected chi connectivity index (χ1v) is 4.77. The lowest BCUT2D eigenvalue weighted by molar-refractivity contribution is -0.114. The normalized spacial score (nSPS) is 11.9. The Morgan fingerprint density at radius 3 is 3.06 bits per heavy atom. The van der Waals surface area contributed by atoms with E-state index in [1.807, 2.05) is 0 Å². The van der Waals surface area contributed by atoms with E-state index in [1.54, 1.807) is 6.07 Å². The fourth-order valence-corrected chi connectivity index (χ4v) is 0.995. The SMILES string of the molecule is CC(=O)Nc1cc(OC[C@H](O)CO)ccn1. The van der Waals surface area contributed by atoms with E-state index in [9.17, 15) is 4.79 Å². The maximum atomic E-state index is 10.8. The van der Waals surface area contributed by atoms with Crippen molar-refractivity contribution in [3.8, 4) is 5.75 Å². The number of aromatic nitrogens is 1. The lowest BCUT2D eigenvalue weighted by Gasteiger charge is -2.10. The van der Waals surface area contributed by atoms with Crippen molar-refractivity contribution in [3.05, 3.63) is 18.3 Å². The third kappa shape index (κ3) is 4.24. The van der Waals surface area contributed by atoms with Crippen molar-refractivity contribution in [1.82, 2.24) is 4.98 Å². The summed E-state index contributed by atoms with van der Waals surface area (Å²) in [4.78, 5) is 14.7. The molecule has 0 aromatic carbocycles. The van der Waals surface area contributed by atoms with Gasteiger partial charge in [-0.15, -0.1) is 0 Å².